The highest BCUT2D eigenvalue weighted by Crippen LogP contribution is 2.15. The molecule has 1 aromatic heterocycles. The Bertz CT molecular complexity index is 649. The van der Waals surface area contributed by atoms with E-state index in [2.05, 4.69) is 27.8 Å². The predicted molar refractivity (Wildman–Crippen MR) is 100 cm³/mol. The van der Waals surface area contributed by atoms with Gasteiger partial charge in [0.1, 0.15) is 11.4 Å². The molecule has 138 valence electrons. The summed E-state index contributed by atoms with van der Waals surface area (Å²) < 4.78 is 7.26. The van der Waals surface area contributed by atoms with Crippen molar-refractivity contribution in [2.45, 2.75) is 46.8 Å². The Morgan fingerprint density at radius 2 is 1.92 bits per heavy atom. The van der Waals surface area contributed by atoms with Crippen LogP contribution in [-0.4, -0.2) is 64.9 Å². The van der Waals surface area contributed by atoms with Crippen LogP contribution in [0, 0.1) is 6.92 Å². The van der Waals surface area contributed by atoms with E-state index in [9.17, 15) is 4.79 Å². The Morgan fingerprint density at radius 3 is 2.48 bits per heavy atom. The minimum atomic E-state index is -0.451. The van der Waals surface area contributed by atoms with E-state index >= 15 is 0 Å². The first-order valence-electron chi connectivity index (χ1n) is 8.58. The fourth-order valence-electron chi connectivity index (χ4n) is 2.69. The van der Waals surface area contributed by atoms with E-state index < -0.39 is 5.60 Å². The zero-order valence-corrected chi connectivity index (χ0v) is 15.9. The SMILES string of the molecule is C=N/C(C)=N\n1cc(CN2CCN(C(=O)OC(C)(C)C)CC2)cc1C. The molecule has 1 aliphatic rings. The summed E-state index contributed by atoms with van der Waals surface area (Å²) in [5.41, 5.74) is 1.81. The molecule has 25 heavy (non-hydrogen) atoms. The Labute approximate surface area is 150 Å². The molecule has 0 N–H and O–H groups in total. The number of hydrogen-bond donors (Lipinski definition) is 0. The molecular weight excluding hydrogens is 318 g/mol. The molecule has 1 aromatic rings. The minimum Gasteiger partial charge on any atom is -0.444 e. The van der Waals surface area contributed by atoms with E-state index in [4.69, 9.17) is 4.74 Å². The lowest BCUT2D eigenvalue weighted by atomic mass is 10.2. The van der Waals surface area contributed by atoms with Gasteiger partial charge in [0, 0.05) is 44.6 Å². The maximum Gasteiger partial charge on any atom is 0.410 e. The first kappa shape index (κ1) is 19.2. The number of ether oxygens (including phenoxy) is 1. The summed E-state index contributed by atoms with van der Waals surface area (Å²) in [5, 5.41) is 4.38. The van der Waals surface area contributed by atoms with E-state index in [1.807, 2.05) is 45.5 Å². The molecule has 0 spiro atoms. The van der Waals surface area contributed by atoms with Gasteiger partial charge in [-0.15, -0.1) is 0 Å². The fourth-order valence-corrected chi connectivity index (χ4v) is 2.69. The molecule has 1 saturated heterocycles. The Balaban J connectivity index is 1.89. The van der Waals surface area contributed by atoms with Crippen molar-refractivity contribution in [3.05, 3.63) is 23.5 Å². The zero-order valence-electron chi connectivity index (χ0n) is 15.9. The van der Waals surface area contributed by atoms with Gasteiger partial charge in [-0.3, -0.25) is 4.90 Å². The van der Waals surface area contributed by atoms with Crippen LogP contribution in [0.2, 0.25) is 0 Å². The van der Waals surface area contributed by atoms with E-state index in [0.29, 0.717) is 18.9 Å². The van der Waals surface area contributed by atoms with E-state index in [-0.39, 0.29) is 6.09 Å². The van der Waals surface area contributed by atoms with Gasteiger partial charge in [-0.05, 0) is 53.0 Å². The third-order valence-corrected chi connectivity index (χ3v) is 3.96. The quantitative estimate of drug-likeness (QED) is 0.624. The molecule has 0 radical (unpaired) electrons. The summed E-state index contributed by atoms with van der Waals surface area (Å²) in [6.07, 6.45) is 1.79. The highest BCUT2D eigenvalue weighted by molar-refractivity contribution is 5.83. The molecule has 1 fully saturated rings. The number of carbonyl (C=O) groups excluding carboxylic acids is 1. The molecule has 0 aliphatic carbocycles. The lowest BCUT2D eigenvalue weighted by Crippen LogP contribution is -2.49. The number of piperazine rings is 1. The molecule has 0 aromatic carbocycles. The molecule has 0 atom stereocenters. The summed E-state index contributed by atoms with van der Waals surface area (Å²) in [4.78, 5) is 20.0. The highest BCUT2D eigenvalue weighted by atomic mass is 16.6. The van der Waals surface area contributed by atoms with Gasteiger partial charge in [0.05, 0.1) is 0 Å². The van der Waals surface area contributed by atoms with Crippen molar-refractivity contribution in [1.82, 2.24) is 14.5 Å². The second-order valence-corrected chi connectivity index (χ2v) is 7.38. The van der Waals surface area contributed by atoms with Crippen LogP contribution < -0.4 is 0 Å². The number of amidine groups is 1. The number of hydrogen-bond acceptors (Lipinski definition) is 4. The predicted octanol–water partition coefficient (Wildman–Crippen LogP) is 2.73. The van der Waals surface area contributed by atoms with Gasteiger partial charge < -0.3 is 9.64 Å². The van der Waals surface area contributed by atoms with Crippen molar-refractivity contribution in [3.63, 3.8) is 0 Å². The molecule has 7 heteroatoms. The van der Waals surface area contributed by atoms with Crippen molar-refractivity contribution in [2.24, 2.45) is 10.1 Å². The smallest absolute Gasteiger partial charge is 0.410 e. The number of aryl methyl sites for hydroxylation is 1. The Hall–Kier alpha value is -2.15. The molecule has 1 amide bonds. The molecule has 0 saturated carbocycles. The largest absolute Gasteiger partial charge is 0.444 e. The summed E-state index contributed by atoms with van der Waals surface area (Å²) in [7, 11) is 0. The highest BCUT2D eigenvalue weighted by Gasteiger charge is 2.25. The number of nitrogens with zero attached hydrogens (tertiary/aromatic N) is 5. The molecule has 2 rings (SSSR count). The summed E-state index contributed by atoms with van der Waals surface area (Å²) in [6.45, 7) is 16.9. The van der Waals surface area contributed by atoms with Crippen LogP contribution in [0.5, 0.6) is 0 Å². The number of rotatable bonds is 3. The minimum absolute atomic E-state index is 0.226. The maximum absolute atomic E-state index is 12.1. The average molecular weight is 347 g/mol. The second-order valence-electron chi connectivity index (χ2n) is 7.38. The van der Waals surface area contributed by atoms with Crippen LogP contribution >= 0.6 is 0 Å². The van der Waals surface area contributed by atoms with E-state index in [1.165, 1.54) is 5.56 Å². The van der Waals surface area contributed by atoms with Crippen LogP contribution in [-0.2, 0) is 11.3 Å². The molecule has 0 bridgehead atoms. The monoisotopic (exact) mass is 347 g/mol. The Kier molecular flexibility index (Phi) is 6.00. The van der Waals surface area contributed by atoms with Crippen molar-refractivity contribution >= 4 is 18.6 Å². The molecular formula is C18H29N5O2. The molecule has 1 aliphatic heterocycles. The number of aromatic nitrogens is 1. The van der Waals surface area contributed by atoms with Gasteiger partial charge in [0.25, 0.3) is 0 Å². The van der Waals surface area contributed by atoms with Gasteiger partial charge in [0.15, 0.2) is 0 Å². The van der Waals surface area contributed by atoms with Gasteiger partial charge in [-0.25, -0.2) is 14.5 Å². The standard InChI is InChI=1S/C18H29N5O2/c1-14-11-16(13-23(14)20-15(2)19-6)12-21-7-9-22(10-8-21)17(24)25-18(3,4)5/h11,13H,6-10,12H2,1-5H3/b20-15-. The van der Waals surface area contributed by atoms with Crippen LogP contribution in [0.4, 0.5) is 4.79 Å². The lowest BCUT2D eigenvalue weighted by molar-refractivity contribution is 0.0139. The maximum atomic E-state index is 12.1. The third kappa shape index (κ3) is 5.70. The van der Waals surface area contributed by atoms with Crippen molar-refractivity contribution < 1.29 is 9.53 Å². The molecule has 0 unspecified atom stereocenters. The van der Waals surface area contributed by atoms with Gasteiger partial charge in [-0.1, -0.05) is 0 Å². The van der Waals surface area contributed by atoms with Crippen molar-refractivity contribution in [2.75, 3.05) is 26.2 Å². The average Bonchev–Trinajstić information content (AvgIpc) is 2.85. The third-order valence-electron chi connectivity index (χ3n) is 3.96. The van der Waals surface area contributed by atoms with Crippen LogP contribution in [0.25, 0.3) is 0 Å². The molecule has 7 nitrogen and oxygen atoms in total. The number of aliphatic imine (C=N–C) groups is 1. The zero-order chi connectivity index (χ0) is 18.6. The Morgan fingerprint density at radius 1 is 1.28 bits per heavy atom. The second kappa shape index (κ2) is 7.82. The van der Waals surface area contributed by atoms with Crippen molar-refractivity contribution in [1.29, 1.82) is 0 Å². The molecule has 2 heterocycles. The number of carbonyl (C=O) groups is 1. The summed E-state index contributed by atoms with van der Waals surface area (Å²) in [5.74, 6) is 0.635. The van der Waals surface area contributed by atoms with E-state index in [0.717, 1.165) is 25.3 Å². The lowest BCUT2D eigenvalue weighted by Gasteiger charge is -2.35. The fraction of sp³-hybridized carbons (Fsp3) is 0.611. The van der Waals surface area contributed by atoms with E-state index in [1.54, 1.807) is 4.90 Å². The van der Waals surface area contributed by atoms with Crippen LogP contribution in [0.15, 0.2) is 22.4 Å². The van der Waals surface area contributed by atoms with Gasteiger partial charge in [0.2, 0.25) is 0 Å². The van der Waals surface area contributed by atoms with Crippen LogP contribution in [0.1, 0.15) is 39.0 Å². The first-order chi connectivity index (χ1) is 11.7. The summed E-state index contributed by atoms with van der Waals surface area (Å²) in [6, 6.07) is 2.13. The van der Waals surface area contributed by atoms with Crippen molar-refractivity contribution in [3.8, 4) is 0 Å². The normalized spacial score (nSPS) is 16.8. The topological polar surface area (TPSA) is 62.4 Å². The summed E-state index contributed by atoms with van der Waals surface area (Å²) >= 11 is 0. The first-order valence-corrected chi connectivity index (χ1v) is 8.58. The van der Waals surface area contributed by atoms with Gasteiger partial charge in [-0.2, -0.15) is 5.10 Å². The van der Waals surface area contributed by atoms with Gasteiger partial charge >= 0.3 is 6.09 Å². The van der Waals surface area contributed by atoms with Crippen LogP contribution in [0.3, 0.4) is 0 Å². The number of amides is 1.